The lowest BCUT2D eigenvalue weighted by molar-refractivity contribution is -0.141. The van der Waals surface area contributed by atoms with Gasteiger partial charge < -0.3 is 0 Å². The van der Waals surface area contributed by atoms with Crippen LogP contribution in [0.2, 0.25) is 0 Å². The van der Waals surface area contributed by atoms with Crippen molar-refractivity contribution in [2.75, 3.05) is 5.01 Å². The van der Waals surface area contributed by atoms with Crippen LogP contribution in [-0.4, -0.2) is 22.6 Å². The number of hydrogen-bond donors (Lipinski definition) is 1. The molecule has 1 aromatic heterocycles. The number of nitrogens with one attached hydrogen (secondary N) is 1. The summed E-state index contributed by atoms with van der Waals surface area (Å²) in [5, 5.41) is 0.123. The van der Waals surface area contributed by atoms with Crippen molar-refractivity contribution in [2.24, 2.45) is 0 Å². The van der Waals surface area contributed by atoms with Crippen molar-refractivity contribution < 1.29 is 31.9 Å². The van der Waals surface area contributed by atoms with E-state index in [1.54, 1.807) is 30.3 Å². The van der Waals surface area contributed by atoms with E-state index in [2.05, 4.69) is 10.4 Å². The summed E-state index contributed by atoms with van der Waals surface area (Å²) >= 11 is 0.311. The quantitative estimate of drug-likeness (QED) is 0.294. The molecule has 0 aliphatic heterocycles. The SMILES string of the molecule is CCC(=O)NN(C(=O)C(C)c1ccccc1)c1nc(C(F)(F)F)c(C(=O)c2ccc(F)cc2)s1. The summed E-state index contributed by atoms with van der Waals surface area (Å²) < 4.78 is 54.5. The summed E-state index contributed by atoms with van der Waals surface area (Å²) in [7, 11) is 0. The normalized spacial score (nSPS) is 12.2. The zero-order chi connectivity index (χ0) is 25.0. The topological polar surface area (TPSA) is 79.4 Å². The van der Waals surface area contributed by atoms with Gasteiger partial charge in [0, 0.05) is 12.0 Å². The molecular weight excluding hydrogens is 474 g/mol. The minimum atomic E-state index is -5.02. The second-order valence-corrected chi connectivity index (χ2v) is 8.18. The number of thiazole rings is 1. The number of hydrogen-bond acceptors (Lipinski definition) is 5. The van der Waals surface area contributed by atoms with Crippen LogP contribution in [0.25, 0.3) is 0 Å². The number of alkyl halides is 3. The van der Waals surface area contributed by atoms with Gasteiger partial charge >= 0.3 is 6.18 Å². The standard InChI is InChI=1S/C23H19F4N3O3S/c1-3-17(31)29-30(21(33)13(2)14-7-5-4-6-8-14)22-28-20(23(25,26)27)19(34-22)18(32)15-9-11-16(24)12-10-15/h4-13H,3H2,1-2H3,(H,29,31). The van der Waals surface area contributed by atoms with Gasteiger partial charge in [0.1, 0.15) is 10.7 Å². The molecule has 0 aliphatic carbocycles. The van der Waals surface area contributed by atoms with Crippen LogP contribution in [0.5, 0.6) is 0 Å². The summed E-state index contributed by atoms with van der Waals surface area (Å²) in [6.45, 7) is 3.04. The second kappa shape index (κ2) is 10.1. The zero-order valence-electron chi connectivity index (χ0n) is 18.0. The molecule has 0 aliphatic rings. The van der Waals surface area contributed by atoms with Gasteiger partial charge in [-0.2, -0.15) is 18.2 Å². The average molecular weight is 493 g/mol. The molecule has 0 spiro atoms. The number of carbonyl (C=O) groups is 3. The van der Waals surface area contributed by atoms with Crippen molar-refractivity contribution in [2.45, 2.75) is 32.4 Å². The van der Waals surface area contributed by atoms with Crippen molar-refractivity contribution in [3.05, 3.63) is 82.1 Å². The Balaban J connectivity index is 2.08. The number of benzene rings is 2. The van der Waals surface area contributed by atoms with Crippen LogP contribution >= 0.6 is 11.3 Å². The number of ketones is 1. The number of amides is 2. The molecule has 1 N–H and O–H groups in total. The molecule has 178 valence electrons. The van der Waals surface area contributed by atoms with Crippen molar-refractivity contribution in [3.8, 4) is 0 Å². The van der Waals surface area contributed by atoms with Gasteiger partial charge in [0.05, 0.1) is 5.92 Å². The molecule has 34 heavy (non-hydrogen) atoms. The molecule has 1 unspecified atom stereocenters. The van der Waals surface area contributed by atoms with E-state index in [4.69, 9.17) is 0 Å². The summed E-state index contributed by atoms with van der Waals surface area (Å²) in [4.78, 5) is 40.8. The van der Waals surface area contributed by atoms with E-state index in [9.17, 15) is 31.9 Å². The second-order valence-electron chi connectivity index (χ2n) is 7.20. The number of hydrazine groups is 1. The highest BCUT2D eigenvalue weighted by Crippen LogP contribution is 2.39. The summed E-state index contributed by atoms with van der Waals surface area (Å²) in [6.07, 6.45) is -5.07. The molecule has 0 saturated heterocycles. The largest absolute Gasteiger partial charge is 0.435 e. The third-order valence-electron chi connectivity index (χ3n) is 4.84. The molecule has 0 saturated carbocycles. The van der Waals surface area contributed by atoms with Crippen LogP contribution in [0.4, 0.5) is 22.7 Å². The molecule has 0 bridgehead atoms. The Bertz CT molecular complexity index is 1190. The van der Waals surface area contributed by atoms with E-state index in [-0.39, 0.29) is 12.0 Å². The number of aromatic nitrogens is 1. The summed E-state index contributed by atoms with van der Waals surface area (Å²) in [6, 6.07) is 12.4. The maximum Gasteiger partial charge on any atom is 0.435 e. The Kier molecular flexibility index (Phi) is 7.45. The molecule has 3 rings (SSSR count). The number of anilines is 1. The molecule has 6 nitrogen and oxygen atoms in total. The maximum atomic E-state index is 13.8. The lowest BCUT2D eigenvalue weighted by Gasteiger charge is -2.23. The Hall–Kier alpha value is -3.60. The predicted octanol–water partition coefficient (Wildman–Crippen LogP) is 5.11. The monoisotopic (exact) mass is 493 g/mol. The number of rotatable bonds is 6. The first-order valence-corrected chi connectivity index (χ1v) is 10.9. The van der Waals surface area contributed by atoms with Gasteiger partial charge in [-0.25, -0.2) is 9.37 Å². The van der Waals surface area contributed by atoms with E-state index >= 15 is 0 Å². The van der Waals surface area contributed by atoms with Crippen molar-refractivity contribution in [3.63, 3.8) is 0 Å². The molecule has 2 aromatic carbocycles. The fraction of sp³-hybridized carbons (Fsp3) is 0.217. The predicted molar refractivity (Wildman–Crippen MR) is 118 cm³/mol. The number of nitrogens with zero attached hydrogens (tertiary/aromatic N) is 2. The Morgan fingerprint density at radius 2 is 1.68 bits per heavy atom. The van der Waals surface area contributed by atoms with Crippen LogP contribution in [0.1, 0.15) is 52.7 Å². The van der Waals surface area contributed by atoms with Crippen molar-refractivity contribution >= 4 is 34.1 Å². The van der Waals surface area contributed by atoms with Gasteiger partial charge in [0.25, 0.3) is 5.91 Å². The molecule has 0 radical (unpaired) electrons. The minimum Gasteiger partial charge on any atom is -0.288 e. The minimum absolute atomic E-state index is 0.0532. The van der Waals surface area contributed by atoms with Crippen LogP contribution in [0.3, 0.4) is 0 Å². The lowest BCUT2D eigenvalue weighted by Crippen LogP contribution is -2.48. The van der Waals surface area contributed by atoms with Crippen LogP contribution in [-0.2, 0) is 15.8 Å². The fourth-order valence-electron chi connectivity index (χ4n) is 2.96. The number of halogens is 4. The van der Waals surface area contributed by atoms with Gasteiger partial charge in [0.2, 0.25) is 16.8 Å². The molecule has 1 atom stereocenters. The van der Waals surface area contributed by atoms with Crippen molar-refractivity contribution in [1.82, 2.24) is 10.4 Å². The van der Waals surface area contributed by atoms with E-state index in [0.29, 0.717) is 21.9 Å². The third-order valence-corrected chi connectivity index (χ3v) is 5.88. The first-order valence-electron chi connectivity index (χ1n) is 10.1. The smallest absolute Gasteiger partial charge is 0.288 e. The van der Waals surface area contributed by atoms with E-state index in [0.717, 1.165) is 24.3 Å². The summed E-state index contributed by atoms with van der Waals surface area (Å²) in [5.41, 5.74) is 1.16. The Morgan fingerprint density at radius 3 is 2.24 bits per heavy atom. The highest BCUT2D eigenvalue weighted by molar-refractivity contribution is 7.18. The number of carbonyl (C=O) groups excluding carboxylic acids is 3. The van der Waals surface area contributed by atoms with E-state index in [1.807, 2.05) is 0 Å². The summed E-state index contributed by atoms with van der Waals surface area (Å²) in [5.74, 6) is -3.92. The van der Waals surface area contributed by atoms with E-state index < -0.39 is 51.2 Å². The molecule has 3 aromatic rings. The lowest BCUT2D eigenvalue weighted by atomic mass is 10.0. The van der Waals surface area contributed by atoms with Crippen LogP contribution < -0.4 is 10.4 Å². The van der Waals surface area contributed by atoms with Gasteiger partial charge in [-0.3, -0.25) is 19.8 Å². The van der Waals surface area contributed by atoms with Gasteiger partial charge in [-0.1, -0.05) is 48.6 Å². The third kappa shape index (κ3) is 5.48. The molecule has 2 amide bonds. The fourth-order valence-corrected chi connectivity index (χ4v) is 3.98. The zero-order valence-corrected chi connectivity index (χ0v) is 18.8. The maximum absolute atomic E-state index is 13.8. The highest BCUT2D eigenvalue weighted by atomic mass is 32.1. The Labute approximate surface area is 196 Å². The molecule has 0 fully saturated rings. The van der Waals surface area contributed by atoms with E-state index in [1.165, 1.54) is 13.8 Å². The molecule has 1 heterocycles. The first-order chi connectivity index (χ1) is 16.0. The molecule has 11 heteroatoms. The van der Waals surface area contributed by atoms with Gasteiger partial charge in [-0.15, -0.1) is 0 Å². The Morgan fingerprint density at radius 1 is 1.06 bits per heavy atom. The highest BCUT2D eigenvalue weighted by Gasteiger charge is 2.41. The molecular formula is C23H19F4N3O3S. The van der Waals surface area contributed by atoms with Crippen LogP contribution in [0, 0.1) is 5.82 Å². The van der Waals surface area contributed by atoms with Crippen molar-refractivity contribution in [1.29, 1.82) is 0 Å². The van der Waals surface area contributed by atoms with Gasteiger partial charge in [0.15, 0.2) is 5.69 Å². The van der Waals surface area contributed by atoms with Gasteiger partial charge in [-0.05, 0) is 36.8 Å². The van der Waals surface area contributed by atoms with Crippen LogP contribution in [0.15, 0.2) is 54.6 Å². The average Bonchev–Trinajstić information content (AvgIpc) is 3.28. The first kappa shape index (κ1) is 25.0.